The van der Waals surface area contributed by atoms with Gasteiger partial charge in [-0.3, -0.25) is 9.69 Å². The number of hydrogen-bond donors (Lipinski definition) is 1. The number of hydrogen-bond acceptors (Lipinski definition) is 3. The number of benzene rings is 2. The standard InChI is InChI=1S/C22H29N3O/c1-24(20-11-6-3-7-12-20)16-8-15-23-22(26)18-25(21-13-14-21)17-19-9-4-2-5-10-19/h2-7,9-12,21H,8,13-18H2,1H3,(H,23,26). The zero-order chi connectivity index (χ0) is 18.2. The van der Waals surface area contributed by atoms with E-state index in [1.807, 2.05) is 24.3 Å². The Bertz CT molecular complexity index is 670. The highest BCUT2D eigenvalue weighted by Crippen LogP contribution is 2.27. The van der Waals surface area contributed by atoms with Crippen molar-refractivity contribution >= 4 is 11.6 Å². The maximum Gasteiger partial charge on any atom is 0.234 e. The van der Waals surface area contributed by atoms with Gasteiger partial charge in [-0.1, -0.05) is 48.5 Å². The van der Waals surface area contributed by atoms with Gasteiger partial charge in [0.25, 0.3) is 0 Å². The van der Waals surface area contributed by atoms with Crippen molar-refractivity contribution in [3.8, 4) is 0 Å². The van der Waals surface area contributed by atoms with E-state index in [-0.39, 0.29) is 5.91 Å². The number of nitrogens with one attached hydrogen (secondary N) is 1. The van der Waals surface area contributed by atoms with Crippen LogP contribution in [0.25, 0.3) is 0 Å². The van der Waals surface area contributed by atoms with Gasteiger partial charge in [0.15, 0.2) is 0 Å². The molecule has 0 aliphatic heterocycles. The smallest absolute Gasteiger partial charge is 0.234 e. The molecular weight excluding hydrogens is 322 g/mol. The molecule has 4 nitrogen and oxygen atoms in total. The second-order valence-corrected chi connectivity index (χ2v) is 7.08. The first-order chi connectivity index (χ1) is 12.7. The molecule has 1 saturated carbocycles. The van der Waals surface area contributed by atoms with Crippen LogP contribution in [0.5, 0.6) is 0 Å². The van der Waals surface area contributed by atoms with E-state index in [1.54, 1.807) is 0 Å². The third-order valence-corrected chi connectivity index (χ3v) is 4.83. The molecule has 0 radical (unpaired) electrons. The number of anilines is 1. The van der Waals surface area contributed by atoms with Gasteiger partial charge in [0.2, 0.25) is 5.91 Å². The number of nitrogens with zero attached hydrogens (tertiary/aromatic N) is 2. The van der Waals surface area contributed by atoms with Gasteiger partial charge in [0, 0.05) is 38.4 Å². The minimum absolute atomic E-state index is 0.134. The fourth-order valence-corrected chi connectivity index (χ4v) is 3.17. The van der Waals surface area contributed by atoms with E-state index < -0.39 is 0 Å². The van der Waals surface area contributed by atoms with Crippen molar-refractivity contribution < 1.29 is 4.79 Å². The molecule has 1 fully saturated rings. The summed E-state index contributed by atoms with van der Waals surface area (Å²) in [5.41, 5.74) is 2.48. The van der Waals surface area contributed by atoms with Crippen molar-refractivity contribution in [3.63, 3.8) is 0 Å². The molecule has 4 heteroatoms. The molecule has 0 aromatic heterocycles. The fraction of sp³-hybridized carbons (Fsp3) is 0.409. The molecule has 3 rings (SSSR count). The van der Waals surface area contributed by atoms with E-state index in [9.17, 15) is 4.79 Å². The molecule has 1 N–H and O–H groups in total. The zero-order valence-corrected chi connectivity index (χ0v) is 15.6. The first-order valence-electron chi connectivity index (χ1n) is 9.53. The molecular formula is C22H29N3O. The van der Waals surface area contributed by atoms with Gasteiger partial charge < -0.3 is 10.2 Å². The first-order valence-corrected chi connectivity index (χ1v) is 9.53. The van der Waals surface area contributed by atoms with Gasteiger partial charge in [-0.25, -0.2) is 0 Å². The van der Waals surface area contributed by atoms with Crippen LogP contribution in [0.3, 0.4) is 0 Å². The van der Waals surface area contributed by atoms with E-state index >= 15 is 0 Å². The van der Waals surface area contributed by atoms with Crippen LogP contribution in [-0.2, 0) is 11.3 Å². The minimum Gasteiger partial charge on any atom is -0.375 e. The summed E-state index contributed by atoms with van der Waals surface area (Å²) in [4.78, 5) is 16.9. The van der Waals surface area contributed by atoms with Gasteiger partial charge in [0.05, 0.1) is 6.54 Å². The Morgan fingerprint density at radius 3 is 2.35 bits per heavy atom. The Morgan fingerprint density at radius 2 is 1.69 bits per heavy atom. The van der Waals surface area contributed by atoms with E-state index in [2.05, 4.69) is 58.6 Å². The van der Waals surface area contributed by atoms with E-state index in [0.29, 0.717) is 12.6 Å². The zero-order valence-electron chi connectivity index (χ0n) is 15.6. The molecule has 2 aromatic carbocycles. The molecule has 1 amide bonds. The van der Waals surface area contributed by atoms with Gasteiger partial charge in [-0.2, -0.15) is 0 Å². The van der Waals surface area contributed by atoms with Crippen LogP contribution in [0.4, 0.5) is 5.69 Å². The highest BCUT2D eigenvalue weighted by molar-refractivity contribution is 5.78. The summed E-state index contributed by atoms with van der Waals surface area (Å²) in [6.45, 7) is 3.00. The molecule has 0 heterocycles. The monoisotopic (exact) mass is 351 g/mol. The van der Waals surface area contributed by atoms with Crippen LogP contribution in [0, 0.1) is 0 Å². The Morgan fingerprint density at radius 1 is 1.04 bits per heavy atom. The number of carbonyl (C=O) groups excluding carboxylic acids is 1. The van der Waals surface area contributed by atoms with E-state index in [1.165, 1.54) is 24.1 Å². The normalized spacial score (nSPS) is 13.6. The fourth-order valence-electron chi connectivity index (χ4n) is 3.17. The Labute approximate surface area is 156 Å². The van der Waals surface area contributed by atoms with Crippen molar-refractivity contribution in [1.29, 1.82) is 0 Å². The number of rotatable bonds is 10. The highest BCUT2D eigenvalue weighted by Gasteiger charge is 2.30. The lowest BCUT2D eigenvalue weighted by Gasteiger charge is -2.22. The lowest BCUT2D eigenvalue weighted by Crippen LogP contribution is -2.39. The largest absolute Gasteiger partial charge is 0.375 e. The predicted octanol–water partition coefficient (Wildman–Crippen LogP) is 3.29. The van der Waals surface area contributed by atoms with Gasteiger partial charge in [-0.15, -0.1) is 0 Å². The third kappa shape index (κ3) is 5.88. The van der Waals surface area contributed by atoms with Gasteiger partial charge >= 0.3 is 0 Å². The van der Waals surface area contributed by atoms with Crippen LogP contribution in [-0.4, -0.2) is 43.5 Å². The Balaban J connectivity index is 1.37. The molecule has 1 aliphatic rings. The van der Waals surface area contributed by atoms with Crippen molar-refractivity contribution in [1.82, 2.24) is 10.2 Å². The quantitative estimate of drug-likeness (QED) is 0.667. The SMILES string of the molecule is CN(CCCNC(=O)CN(Cc1ccccc1)C1CC1)c1ccccc1. The maximum absolute atomic E-state index is 12.3. The molecule has 0 saturated heterocycles. The summed E-state index contributed by atoms with van der Waals surface area (Å²) in [6.07, 6.45) is 3.36. The summed E-state index contributed by atoms with van der Waals surface area (Å²) >= 11 is 0. The van der Waals surface area contributed by atoms with Crippen LogP contribution >= 0.6 is 0 Å². The lowest BCUT2D eigenvalue weighted by molar-refractivity contribution is -0.122. The van der Waals surface area contributed by atoms with E-state index in [0.717, 1.165) is 26.1 Å². The summed E-state index contributed by atoms with van der Waals surface area (Å²) in [7, 11) is 2.09. The summed E-state index contributed by atoms with van der Waals surface area (Å²) in [5.74, 6) is 0.134. The average molecular weight is 351 g/mol. The van der Waals surface area contributed by atoms with Crippen molar-refractivity contribution in [2.24, 2.45) is 0 Å². The Hall–Kier alpha value is -2.33. The van der Waals surface area contributed by atoms with Crippen molar-refractivity contribution in [3.05, 3.63) is 66.2 Å². The molecule has 2 aromatic rings. The average Bonchev–Trinajstić information content (AvgIpc) is 3.51. The molecule has 26 heavy (non-hydrogen) atoms. The lowest BCUT2D eigenvalue weighted by atomic mass is 10.2. The molecule has 0 bridgehead atoms. The first kappa shape index (κ1) is 18.5. The second-order valence-electron chi connectivity index (χ2n) is 7.08. The van der Waals surface area contributed by atoms with E-state index in [4.69, 9.17) is 0 Å². The topological polar surface area (TPSA) is 35.6 Å². The summed E-state index contributed by atoms with van der Waals surface area (Å²) in [6, 6.07) is 21.3. The third-order valence-electron chi connectivity index (χ3n) is 4.83. The van der Waals surface area contributed by atoms with Gasteiger partial charge in [-0.05, 0) is 37.0 Å². The number of carbonyl (C=O) groups is 1. The molecule has 138 valence electrons. The second kappa shape index (κ2) is 9.39. The molecule has 0 spiro atoms. The molecule has 0 unspecified atom stereocenters. The molecule has 1 aliphatic carbocycles. The van der Waals surface area contributed by atoms with Crippen LogP contribution in [0.1, 0.15) is 24.8 Å². The van der Waals surface area contributed by atoms with Crippen LogP contribution in [0.15, 0.2) is 60.7 Å². The predicted molar refractivity (Wildman–Crippen MR) is 107 cm³/mol. The van der Waals surface area contributed by atoms with Crippen LogP contribution in [0.2, 0.25) is 0 Å². The van der Waals surface area contributed by atoms with Crippen molar-refractivity contribution in [2.45, 2.75) is 31.8 Å². The number of para-hydroxylation sites is 1. The van der Waals surface area contributed by atoms with Gasteiger partial charge in [0.1, 0.15) is 0 Å². The highest BCUT2D eigenvalue weighted by atomic mass is 16.2. The van der Waals surface area contributed by atoms with Crippen LogP contribution < -0.4 is 10.2 Å². The minimum atomic E-state index is 0.134. The summed E-state index contributed by atoms with van der Waals surface area (Å²) in [5, 5.41) is 3.08. The van der Waals surface area contributed by atoms with Crippen molar-refractivity contribution in [2.75, 3.05) is 31.6 Å². The number of amides is 1. The maximum atomic E-state index is 12.3. The summed E-state index contributed by atoms with van der Waals surface area (Å²) < 4.78 is 0. The molecule has 0 atom stereocenters. The Kier molecular flexibility index (Phi) is 6.67.